The normalized spacial score (nSPS) is 19.0. The van der Waals surface area contributed by atoms with Crippen molar-refractivity contribution in [3.63, 3.8) is 0 Å². The number of ether oxygens (including phenoxy) is 1. The predicted molar refractivity (Wildman–Crippen MR) is 129 cm³/mol. The van der Waals surface area contributed by atoms with Gasteiger partial charge in [-0.25, -0.2) is 8.42 Å². The highest BCUT2D eigenvalue weighted by Gasteiger charge is 2.36. The monoisotopic (exact) mass is 477 g/mol. The quantitative estimate of drug-likeness (QED) is 0.595. The predicted octanol–water partition coefficient (Wildman–Crippen LogP) is 3.80. The number of sulfonamides is 1. The van der Waals surface area contributed by atoms with Gasteiger partial charge in [0, 0.05) is 17.3 Å². The maximum absolute atomic E-state index is 13.5. The Morgan fingerprint density at radius 3 is 2.68 bits per heavy atom. The summed E-state index contributed by atoms with van der Waals surface area (Å²) in [4.78, 5) is 24.8. The van der Waals surface area contributed by atoms with Gasteiger partial charge in [-0.3, -0.25) is 13.9 Å². The van der Waals surface area contributed by atoms with Gasteiger partial charge >= 0.3 is 0 Å². The molecule has 0 radical (unpaired) electrons. The van der Waals surface area contributed by atoms with Gasteiger partial charge in [0.25, 0.3) is 21.8 Å². The van der Waals surface area contributed by atoms with Crippen LogP contribution in [0.25, 0.3) is 0 Å². The van der Waals surface area contributed by atoms with Crippen molar-refractivity contribution in [2.24, 2.45) is 0 Å². The molecule has 34 heavy (non-hydrogen) atoms. The summed E-state index contributed by atoms with van der Waals surface area (Å²) < 4.78 is 33.9. The van der Waals surface area contributed by atoms with Crippen LogP contribution < -0.4 is 19.7 Å². The molecular weight excluding hydrogens is 454 g/mol. The average Bonchev–Trinajstić information content (AvgIpc) is 3.16. The third kappa shape index (κ3) is 3.77. The van der Waals surface area contributed by atoms with E-state index in [1.807, 2.05) is 25.1 Å². The Balaban J connectivity index is 1.40. The highest BCUT2D eigenvalue weighted by atomic mass is 32.2. The van der Waals surface area contributed by atoms with Crippen molar-refractivity contribution < 1.29 is 22.7 Å². The zero-order valence-electron chi connectivity index (χ0n) is 18.6. The molecule has 174 valence electrons. The molecule has 9 heteroatoms. The van der Waals surface area contributed by atoms with Gasteiger partial charge < -0.3 is 15.4 Å². The molecule has 3 aromatic rings. The highest BCUT2D eigenvalue weighted by molar-refractivity contribution is 7.92. The molecule has 0 fully saturated rings. The van der Waals surface area contributed by atoms with Crippen molar-refractivity contribution in [2.75, 3.05) is 14.9 Å². The van der Waals surface area contributed by atoms with E-state index in [9.17, 15) is 18.0 Å². The Labute approximate surface area is 197 Å². The smallest absolute Gasteiger partial charge is 0.265 e. The van der Waals surface area contributed by atoms with Gasteiger partial charge in [0.05, 0.1) is 16.3 Å². The molecule has 8 nitrogen and oxygen atoms in total. The number of amides is 2. The van der Waals surface area contributed by atoms with Crippen molar-refractivity contribution in [3.05, 3.63) is 77.9 Å². The zero-order valence-corrected chi connectivity index (χ0v) is 19.4. The molecule has 2 amide bonds. The molecule has 2 atom stereocenters. The van der Waals surface area contributed by atoms with Crippen LogP contribution in [0.1, 0.15) is 29.8 Å². The van der Waals surface area contributed by atoms with E-state index < -0.39 is 22.0 Å². The molecule has 0 unspecified atom stereocenters. The van der Waals surface area contributed by atoms with E-state index in [0.717, 1.165) is 5.56 Å². The van der Waals surface area contributed by atoms with Gasteiger partial charge in [-0.1, -0.05) is 24.3 Å². The van der Waals surface area contributed by atoms with Crippen LogP contribution in [0.3, 0.4) is 0 Å². The van der Waals surface area contributed by atoms with Crippen LogP contribution in [0.5, 0.6) is 5.75 Å². The number of fused-ring (bicyclic) bond motifs is 2. The molecule has 2 heterocycles. The third-order valence-corrected chi connectivity index (χ3v) is 7.89. The number of carbonyl (C=O) groups excluding carboxylic acids is 2. The third-order valence-electron chi connectivity index (χ3n) is 5.97. The second kappa shape index (κ2) is 8.18. The average molecular weight is 478 g/mol. The first-order valence-corrected chi connectivity index (χ1v) is 12.3. The van der Waals surface area contributed by atoms with Crippen molar-refractivity contribution in [2.45, 2.75) is 37.3 Å². The van der Waals surface area contributed by atoms with E-state index in [-0.39, 0.29) is 22.4 Å². The summed E-state index contributed by atoms with van der Waals surface area (Å²) in [7, 11) is -3.86. The fourth-order valence-electron chi connectivity index (χ4n) is 4.30. The summed E-state index contributed by atoms with van der Waals surface area (Å²) >= 11 is 0. The van der Waals surface area contributed by atoms with E-state index in [2.05, 4.69) is 10.6 Å². The molecule has 2 aliphatic heterocycles. The van der Waals surface area contributed by atoms with E-state index in [4.69, 9.17) is 4.74 Å². The molecule has 3 aromatic carbocycles. The summed E-state index contributed by atoms with van der Waals surface area (Å²) in [6.45, 7) is 3.52. The van der Waals surface area contributed by atoms with E-state index in [1.54, 1.807) is 43.3 Å². The maximum atomic E-state index is 13.5. The molecule has 0 aliphatic carbocycles. The van der Waals surface area contributed by atoms with E-state index in [0.29, 0.717) is 29.2 Å². The first kappa shape index (κ1) is 22.0. The summed E-state index contributed by atoms with van der Waals surface area (Å²) in [5.41, 5.74) is 2.74. The van der Waals surface area contributed by atoms with Crippen molar-refractivity contribution >= 4 is 38.9 Å². The second-order valence-electron chi connectivity index (χ2n) is 8.42. The fourth-order valence-corrected chi connectivity index (χ4v) is 6.04. The number of para-hydroxylation sites is 1. The van der Waals surface area contributed by atoms with Crippen LogP contribution in [-0.4, -0.2) is 32.4 Å². The van der Waals surface area contributed by atoms with Gasteiger partial charge in [-0.15, -0.1) is 0 Å². The number of benzene rings is 3. The number of carbonyl (C=O) groups is 2. The van der Waals surface area contributed by atoms with Crippen LogP contribution in [-0.2, 0) is 21.2 Å². The number of rotatable bonds is 4. The SMILES string of the molecule is C[C@H]1Oc2ccc(NC(=O)c3cccc(S(=O)(=O)N4c5ccccc5C[C@@H]4C)c3)cc2NC1=O. The van der Waals surface area contributed by atoms with Crippen molar-refractivity contribution in [1.29, 1.82) is 0 Å². The Morgan fingerprint density at radius 2 is 1.85 bits per heavy atom. The number of nitrogens with zero attached hydrogens (tertiary/aromatic N) is 1. The molecule has 0 saturated heterocycles. The Hall–Kier alpha value is -3.85. The highest BCUT2D eigenvalue weighted by Crippen LogP contribution is 2.37. The summed E-state index contributed by atoms with van der Waals surface area (Å²) in [5, 5.41) is 5.49. The van der Waals surface area contributed by atoms with E-state index >= 15 is 0 Å². The fraction of sp³-hybridized carbons (Fsp3) is 0.200. The minimum Gasteiger partial charge on any atom is -0.479 e. The first-order chi connectivity index (χ1) is 16.2. The zero-order chi connectivity index (χ0) is 24.0. The number of hydrogen-bond donors (Lipinski definition) is 2. The molecule has 2 aliphatic rings. The number of anilines is 3. The van der Waals surface area contributed by atoms with Crippen LogP contribution in [0, 0.1) is 0 Å². The van der Waals surface area contributed by atoms with Gasteiger partial charge in [0.2, 0.25) is 0 Å². The Bertz CT molecular complexity index is 1420. The summed E-state index contributed by atoms with van der Waals surface area (Å²) in [6.07, 6.45) is 0.0374. The molecule has 0 bridgehead atoms. The standard InChI is InChI=1S/C25H23N3O5S/c1-15-12-17-6-3-4-9-22(17)28(15)34(31,32)20-8-5-7-18(13-20)25(30)26-19-10-11-23-21(14-19)27-24(29)16(2)33-23/h3-11,13-16H,12H2,1-2H3,(H,26,30)(H,27,29)/t15-,16+/m0/s1. The lowest BCUT2D eigenvalue weighted by atomic mass is 10.1. The lowest BCUT2D eigenvalue weighted by molar-refractivity contribution is -0.122. The Morgan fingerprint density at radius 1 is 1.06 bits per heavy atom. The van der Waals surface area contributed by atoms with Crippen molar-refractivity contribution in [3.8, 4) is 5.75 Å². The summed E-state index contributed by atoms with van der Waals surface area (Å²) in [6, 6.07) is 18.1. The van der Waals surface area contributed by atoms with Gasteiger partial charge in [0.1, 0.15) is 5.75 Å². The van der Waals surface area contributed by atoms with Crippen LogP contribution in [0.2, 0.25) is 0 Å². The molecule has 0 saturated carbocycles. The first-order valence-electron chi connectivity index (χ1n) is 10.9. The second-order valence-corrected chi connectivity index (χ2v) is 10.2. The topological polar surface area (TPSA) is 105 Å². The van der Waals surface area contributed by atoms with Crippen LogP contribution >= 0.6 is 0 Å². The minimum absolute atomic E-state index is 0.0452. The lowest BCUT2D eigenvalue weighted by Crippen LogP contribution is -2.35. The molecule has 0 aromatic heterocycles. The largest absolute Gasteiger partial charge is 0.479 e. The van der Waals surface area contributed by atoms with Gasteiger partial charge in [0.15, 0.2) is 6.10 Å². The van der Waals surface area contributed by atoms with Gasteiger partial charge in [-0.2, -0.15) is 0 Å². The number of hydrogen-bond acceptors (Lipinski definition) is 5. The Kier molecular flexibility index (Phi) is 5.28. The summed E-state index contributed by atoms with van der Waals surface area (Å²) in [5.74, 6) is -0.229. The molecular formula is C25H23N3O5S. The molecule has 5 rings (SSSR count). The lowest BCUT2D eigenvalue weighted by Gasteiger charge is -2.24. The molecule has 2 N–H and O–H groups in total. The van der Waals surface area contributed by atoms with Crippen LogP contribution in [0.15, 0.2) is 71.6 Å². The number of nitrogens with one attached hydrogen (secondary N) is 2. The van der Waals surface area contributed by atoms with Crippen LogP contribution in [0.4, 0.5) is 17.1 Å². The van der Waals surface area contributed by atoms with Crippen molar-refractivity contribution in [1.82, 2.24) is 0 Å². The molecule has 0 spiro atoms. The van der Waals surface area contributed by atoms with Gasteiger partial charge in [-0.05, 0) is 68.3 Å². The maximum Gasteiger partial charge on any atom is 0.265 e. The minimum atomic E-state index is -3.86. The van der Waals surface area contributed by atoms with E-state index in [1.165, 1.54) is 16.4 Å².